The highest BCUT2D eigenvalue weighted by atomic mass is 16.6. The molecule has 0 atom stereocenters. The molecule has 9 heteroatoms. The van der Waals surface area contributed by atoms with Gasteiger partial charge in [0.2, 0.25) is 5.91 Å². The topological polar surface area (TPSA) is 108 Å². The Bertz CT molecular complexity index is 1050. The summed E-state index contributed by atoms with van der Waals surface area (Å²) in [5, 5.41) is 22.3. The van der Waals surface area contributed by atoms with Crippen molar-refractivity contribution in [3.8, 4) is 0 Å². The molecule has 1 amide bonds. The number of aromatic nitrogens is 4. The van der Waals surface area contributed by atoms with Crippen molar-refractivity contribution < 1.29 is 9.72 Å². The summed E-state index contributed by atoms with van der Waals surface area (Å²) in [5.41, 5.74) is 3.78. The van der Waals surface area contributed by atoms with Crippen LogP contribution in [0.2, 0.25) is 0 Å². The number of amides is 1. The van der Waals surface area contributed by atoms with E-state index in [1.807, 2.05) is 36.7 Å². The third kappa shape index (κ3) is 4.08. The summed E-state index contributed by atoms with van der Waals surface area (Å²) < 4.78 is 3.15. The van der Waals surface area contributed by atoms with Crippen LogP contribution in [0.5, 0.6) is 0 Å². The average Bonchev–Trinajstić information content (AvgIpc) is 3.06. The van der Waals surface area contributed by atoms with Gasteiger partial charge in [-0.2, -0.15) is 10.2 Å². The zero-order valence-electron chi connectivity index (χ0n) is 16.3. The van der Waals surface area contributed by atoms with Gasteiger partial charge in [0, 0.05) is 11.8 Å². The lowest BCUT2D eigenvalue weighted by Gasteiger charge is -2.06. The number of aryl methyl sites for hydroxylation is 3. The molecule has 1 aromatic carbocycles. The van der Waals surface area contributed by atoms with E-state index in [9.17, 15) is 14.9 Å². The van der Waals surface area contributed by atoms with Gasteiger partial charge in [0.1, 0.15) is 17.9 Å². The third-order valence-corrected chi connectivity index (χ3v) is 4.48. The first-order valence-electron chi connectivity index (χ1n) is 8.83. The molecule has 9 nitrogen and oxygen atoms in total. The molecule has 0 radical (unpaired) electrons. The monoisotopic (exact) mass is 382 g/mol. The van der Waals surface area contributed by atoms with Gasteiger partial charge in [0.15, 0.2) is 5.82 Å². The summed E-state index contributed by atoms with van der Waals surface area (Å²) in [6, 6.07) is 9.95. The van der Waals surface area contributed by atoms with E-state index in [0.717, 1.165) is 11.3 Å². The molecule has 3 rings (SSSR count). The zero-order chi connectivity index (χ0) is 20.4. The summed E-state index contributed by atoms with van der Waals surface area (Å²) in [7, 11) is 0. The van der Waals surface area contributed by atoms with Crippen molar-refractivity contribution in [3.05, 3.63) is 68.7 Å². The second kappa shape index (κ2) is 7.63. The first-order chi connectivity index (χ1) is 13.2. The van der Waals surface area contributed by atoms with Crippen LogP contribution in [0.15, 0.2) is 30.3 Å². The molecular formula is C19H22N6O3. The van der Waals surface area contributed by atoms with Crippen LogP contribution in [0, 0.1) is 37.8 Å². The highest BCUT2D eigenvalue weighted by Crippen LogP contribution is 2.21. The Hall–Kier alpha value is -3.49. The van der Waals surface area contributed by atoms with Gasteiger partial charge in [0.05, 0.1) is 11.5 Å². The Kier molecular flexibility index (Phi) is 5.25. The predicted molar refractivity (Wildman–Crippen MR) is 104 cm³/mol. The van der Waals surface area contributed by atoms with Gasteiger partial charge in [-0.3, -0.25) is 24.3 Å². The maximum absolute atomic E-state index is 12.4. The summed E-state index contributed by atoms with van der Waals surface area (Å²) in [5.74, 6) is 0.0897. The highest BCUT2D eigenvalue weighted by Gasteiger charge is 2.23. The van der Waals surface area contributed by atoms with Gasteiger partial charge in [0.25, 0.3) is 0 Å². The Morgan fingerprint density at radius 2 is 1.89 bits per heavy atom. The summed E-state index contributed by atoms with van der Waals surface area (Å²) in [6.07, 6.45) is 0. The number of hydrogen-bond acceptors (Lipinski definition) is 5. The van der Waals surface area contributed by atoms with E-state index < -0.39 is 4.92 Å². The van der Waals surface area contributed by atoms with Gasteiger partial charge >= 0.3 is 5.69 Å². The van der Waals surface area contributed by atoms with Crippen molar-refractivity contribution in [3.63, 3.8) is 0 Å². The van der Waals surface area contributed by atoms with Crippen LogP contribution in [0.3, 0.4) is 0 Å². The lowest BCUT2D eigenvalue weighted by atomic mass is 10.1. The molecule has 28 heavy (non-hydrogen) atoms. The van der Waals surface area contributed by atoms with Gasteiger partial charge < -0.3 is 5.32 Å². The van der Waals surface area contributed by atoms with Gasteiger partial charge in [-0.05, 0) is 33.3 Å². The SMILES string of the molecule is Cc1cccc(Cn2nc(NC(=O)Cn3nc(C)c([N+](=O)[O-])c3C)cc2C)c1. The Labute approximate surface area is 162 Å². The van der Waals surface area contributed by atoms with E-state index in [1.54, 1.807) is 19.9 Å². The van der Waals surface area contributed by atoms with Gasteiger partial charge in [-0.1, -0.05) is 29.8 Å². The standard InChI is InChI=1S/C19H22N6O3/c1-12-6-5-7-16(8-12)10-23-13(2)9-17(22-23)20-18(26)11-24-15(4)19(25(27)28)14(3)21-24/h5-9H,10-11H2,1-4H3,(H,20,22,26). The molecule has 0 unspecified atom stereocenters. The Morgan fingerprint density at radius 1 is 1.14 bits per heavy atom. The number of nitrogens with one attached hydrogen (secondary N) is 1. The molecule has 3 aromatic rings. The number of carbonyl (C=O) groups is 1. The van der Waals surface area contributed by atoms with Crippen LogP contribution in [-0.2, 0) is 17.9 Å². The van der Waals surface area contributed by atoms with E-state index in [0.29, 0.717) is 18.1 Å². The maximum Gasteiger partial charge on any atom is 0.312 e. The highest BCUT2D eigenvalue weighted by molar-refractivity contribution is 5.89. The maximum atomic E-state index is 12.4. The molecular weight excluding hydrogens is 360 g/mol. The number of nitrogens with zero attached hydrogens (tertiary/aromatic N) is 5. The normalized spacial score (nSPS) is 10.9. The summed E-state index contributed by atoms with van der Waals surface area (Å²) >= 11 is 0. The fourth-order valence-electron chi connectivity index (χ4n) is 3.14. The molecule has 2 aromatic heterocycles. The minimum Gasteiger partial charge on any atom is -0.308 e. The van der Waals surface area contributed by atoms with Crippen molar-refractivity contribution in [2.45, 2.75) is 40.8 Å². The molecule has 0 aliphatic carbocycles. The molecule has 0 saturated carbocycles. The fraction of sp³-hybridized carbons (Fsp3) is 0.316. The molecule has 0 aliphatic heterocycles. The first-order valence-corrected chi connectivity index (χ1v) is 8.83. The third-order valence-electron chi connectivity index (χ3n) is 4.48. The largest absolute Gasteiger partial charge is 0.312 e. The lowest BCUT2D eigenvalue weighted by molar-refractivity contribution is -0.386. The first kappa shape index (κ1) is 19.3. The molecule has 146 valence electrons. The summed E-state index contributed by atoms with van der Waals surface area (Å²) in [4.78, 5) is 23.0. The van der Waals surface area contributed by atoms with Crippen molar-refractivity contribution in [1.29, 1.82) is 0 Å². The predicted octanol–water partition coefficient (Wildman–Crippen LogP) is 2.91. The number of rotatable bonds is 6. The van der Waals surface area contributed by atoms with Crippen LogP contribution in [0.4, 0.5) is 11.5 Å². The number of carbonyl (C=O) groups excluding carboxylic acids is 1. The lowest BCUT2D eigenvalue weighted by Crippen LogP contribution is -2.20. The van der Waals surface area contributed by atoms with E-state index in [-0.39, 0.29) is 23.8 Å². The molecule has 1 N–H and O–H groups in total. The van der Waals surface area contributed by atoms with E-state index >= 15 is 0 Å². The molecule has 0 bridgehead atoms. The van der Waals surface area contributed by atoms with Crippen molar-refractivity contribution in [1.82, 2.24) is 19.6 Å². The van der Waals surface area contributed by atoms with Gasteiger partial charge in [-0.15, -0.1) is 0 Å². The van der Waals surface area contributed by atoms with Crippen molar-refractivity contribution >= 4 is 17.4 Å². The quantitative estimate of drug-likeness (QED) is 0.521. The molecule has 0 saturated heterocycles. The zero-order valence-corrected chi connectivity index (χ0v) is 16.3. The molecule has 0 fully saturated rings. The van der Waals surface area contributed by atoms with E-state index in [2.05, 4.69) is 21.6 Å². The number of benzene rings is 1. The molecule has 2 heterocycles. The summed E-state index contributed by atoms with van der Waals surface area (Å²) in [6.45, 7) is 7.57. The van der Waals surface area contributed by atoms with E-state index in [4.69, 9.17) is 0 Å². The second-order valence-electron chi connectivity index (χ2n) is 6.80. The van der Waals surface area contributed by atoms with Crippen LogP contribution in [0.25, 0.3) is 0 Å². The number of anilines is 1. The van der Waals surface area contributed by atoms with Crippen LogP contribution in [-0.4, -0.2) is 30.4 Å². The fourth-order valence-corrected chi connectivity index (χ4v) is 3.14. The molecule has 0 spiro atoms. The Balaban J connectivity index is 1.70. The van der Waals surface area contributed by atoms with Crippen molar-refractivity contribution in [2.24, 2.45) is 0 Å². The minimum absolute atomic E-state index is 0.0638. The number of hydrogen-bond donors (Lipinski definition) is 1. The van der Waals surface area contributed by atoms with Crippen molar-refractivity contribution in [2.75, 3.05) is 5.32 Å². The van der Waals surface area contributed by atoms with Gasteiger partial charge in [-0.25, -0.2) is 0 Å². The second-order valence-corrected chi connectivity index (χ2v) is 6.80. The smallest absolute Gasteiger partial charge is 0.308 e. The van der Waals surface area contributed by atoms with Crippen LogP contribution >= 0.6 is 0 Å². The van der Waals surface area contributed by atoms with Crippen LogP contribution in [0.1, 0.15) is 28.2 Å². The van der Waals surface area contributed by atoms with E-state index in [1.165, 1.54) is 10.2 Å². The minimum atomic E-state index is -0.484. The Morgan fingerprint density at radius 3 is 2.54 bits per heavy atom. The molecule has 0 aliphatic rings. The number of nitro groups is 1. The van der Waals surface area contributed by atoms with Crippen LogP contribution < -0.4 is 5.32 Å². The average molecular weight is 382 g/mol.